The van der Waals surface area contributed by atoms with Crippen LogP contribution in [0, 0.1) is 0 Å². The minimum absolute atomic E-state index is 0.100. The summed E-state index contributed by atoms with van der Waals surface area (Å²) in [5, 5.41) is 11.8. The van der Waals surface area contributed by atoms with E-state index in [0.717, 1.165) is 12.7 Å². The van der Waals surface area contributed by atoms with Crippen molar-refractivity contribution in [3.05, 3.63) is 30.3 Å². The molecule has 0 aliphatic carbocycles. The number of carbonyl (C=O) groups excluding carboxylic acids is 2. The van der Waals surface area contributed by atoms with Gasteiger partial charge in [0.05, 0.1) is 0 Å². The fourth-order valence-corrected chi connectivity index (χ4v) is 2.90. The number of nitrogens with one attached hydrogen (secondary N) is 1. The molecule has 0 saturated carbocycles. The van der Waals surface area contributed by atoms with E-state index in [1.807, 2.05) is 0 Å². The van der Waals surface area contributed by atoms with E-state index < -0.39 is 29.4 Å². The van der Waals surface area contributed by atoms with Crippen molar-refractivity contribution in [2.75, 3.05) is 18.0 Å². The lowest BCUT2D eigenvalue weighted by Crippen LogP contribution is -2.38. The number of alkyl carbamates (subject to hydrolysis) is 1. The number of anilines is 1. The summed E-state index contributed by atoms with van der Waals surface area (Å²) in [6, 6.07) is 3.20. The zero-order valence-electron chi connectivity index (χ0n) is 21.1. The molecule has 2 rings (SSSR count). The summed E-state index contributed by atoms with van der Waals surface area (Å²) >= 11 is 0. The van der Waals surface area contributed by atoms with Crippen LogP contribution in [0.5, 0.6) is 0 Å². The van der Waals surface area contributed by atoms with Crippen LogP contribution in [-0.4, -0.2) is 57.5 Å². The molecule has 11 heteroatoms. The number of rotatable bonds is 9. The van der Waals surface area contributed by atoms with Crippen LogP contribution in [0.15, 0.2) is 29.0 Å². The van der Waals surface area contributed by atoms with Crippen LogP contribution >= 0.6 is 0 Å². The average molecular weight is 491 g/mol. The number of ether oxygens (including phenoxy) is 2. The molecule has 0 fully saturated rings. The van der Waals surface area contributed by atoms with Gasteiger partial charge in [0.15, 0.2) is 5.69 Å². The van der Waals surface area contributed by atoms with Gasteiger partial charge >= 0.3 is 18.2 Å². The zero-order valence-corrected chi connectivity index (χ0v) is 21.1. The number of pyridine rings is 1. The highest BCUT2D eigenvalue weighted by Gasteiger charge is 2.25. The summed E-state index contributed by atoms with van der Waals surface area (Å²) < 4.78 is 16.0. The quantitative estimate of drug-likeness (QED) is 0.470. The maximum absolute atomic E-state index is 12.9. The molecule has 2 aromatic heterocycles. The van der Waals surface area contributed by atoms with Crippen LogP contribution in [-0.2, 0) is 9.47 Å². The minimum Gasteiger partial charge on any atom is -0.476 e. The number of amides is 2. The largest absolute Gasteiger partial charge is 0.476 e. The first-order valence-corrected chi connectivity index (χ1v) is 11.4. The molecule has 0 aromatic carbocycles. The van der Waals surface area contributed by atoms with Gasteiger partial charge in [0.25, 0.3) is 0 Å². The van der Waals surface area contributed by atoms with Crippen LogP contribution in [0.4, 0.5) is 15.4 Å². The van der Waals surface area contributed by atoms with Crippen LogP contribution < -0.4 is 10.2 Å². The standard InChI is InChI=1S/C24H34N4O7/c1-23(2,3)34-21(31)26-11-8-7-9-13-28(22(32)35-24(4,5)6)18-14-16(10-12-25-18)19-27-17(15-33-19)20(29)30/h10,12,14-15H,7-9,11,13H2,1-6H3,(H,26,31)(H,29,30). The highest BCUT2D eigenvalue weighted by atomic mass is 16.6. The van der Waals surface area contributed by atoms with Crippen molar-refractivity contribution < 1.29 is 33.4 Å². The Kier molecular flexibility index (Phi) is 9.21. The van der Waals surface area contributed by atoms with Crippen LogP contribution in [0.2, 0.25) is 0 Å². The van der Waals surface area contributed by atoms with E-state index in [1.165, 1.54) is 11.1 Å². The zero-order chi connectivity index (χ0) is 26.2. The number of carboxylic acids is 1. The number of nitrogens with zero attached hydrogens (tertiary/aromatic N) is 3. The predicted molar refractivity (Wildman–Crippen MR) is 128 cm³/mol. The number of carboxylic acid groups (broad SMARTS) is 1. The molecule has 192 valence electrons. The van der Waals surface area contributed by atoms with Gasteiger partial charge in [-0.15, -0.1) is 0 Å². The molecule has 2 heterocycles. The van der Waals surface area contributed by atoms with Crippen LogP contribution in [0.25, 0.3) is 11.5 Å². The smallest absolute Gasteiger partial charge is 0.416 e. The first-order valence-electron chi connectivity index (χ1n) is 11.4. The van der Waals surface area contributed by atoms with E-state index in [9.17, 15) is 14.4 Å². The molecule has 0 aliphatic rings. The van der Waals surface area contributed by atoms with Crippen LogP contribution in [0.1, 0.15) is 71.3 Å². The van der Waals surface area contributed by atoms with Gasteiger partial charge in [-0.25, -0.2) is 24.4 Å². The molecule has 0 atom stereocenters. The van der Waals surface area contributed by atoms with Crippen molar-refractivity contribution in [1.29, 1.82) is 0 Å². The summed E-state index contributed by atoms with van der Waals surface area (Å²) in [5.41, 5.74) is -1.01. The van der Waals surface area contributed by atoms with Crippen molar-refractivity contribution >= 4 is 24.0 Å². The van der Waals surface area contributed by atoms with Gasteiger partial charge in [0.2, 0.25) is 5.89 Å². The van der Waals surface area contributed by atoms with E-state index in [4.69, 9.17) is 19.0 Å². The fraction of sp³-hybridized carbons (Fsp3) is 0.542. The van der Waals surface area contributed by atoms with Crippen molar-refractivity contribution in [3.63, 3.8) is 0 Å². The maximum Gasteiger partial charge on any atom is 0.416 e. The van der Waals surface area contributed by atoms with Gasteiger partial charge in [-0.2, -0.15) is 0 Å². The molecule has 0 aliphatic heterocycles. The average Bonchev–Trinajstić information content (AvgIpc) is 3.21. The highest BCUT2D eigenvalue weighted by Crippen LogP contribution is 2.24. The Hall–Kier alpha value is -3.63. The van der Waals surface area contributed by atoms with Gasteiger partial charge in [0, 0.05) is 24.8 Å². The summed E-state index contributed by atoms with van der Waals surface area (Å²) in [6.45, 7) is 11.5. The lowest BCUT2D eigenvalue weighted by atomic mass is 10.2. The van der Waals surface area contributed by atoms with E-state index in [2.05, 4.69) is 15.3 Å². The van der Waals surface area contributed by atoms with Gasteiger partial charge in [-0.3, -0.25) is 4.90 Å². The molecule has 35 heavy (non-hydrogen) atoms. The Morgan fingerprint density at radius 1 is 1.06 bits per heavy atom. The maximum atomic E-state index is 12.9. The Morgan fingerprint density at radius 3 is 2.34 bits per heavy atom. The van der Waals surface area contributed by atoms with E-state index in [-0.39, 0.29) is 11.6 Å². The van der Waals surface area contributed by atoms with Crippen molar-refractivity contribution in [2.45, 2.75) is 72.0 Å². The van der Waals surface area contributed by atoms with Gasteiger partial charge < -0.3 is 24.3 Å². The second-order valence-corrected chi connectivity index (χ2v) is 9.87. The molecule has 0 saturated heterocycles. The monoisotopic (exact) mass is 490 g/mol. The Morgan fingerprint density at radius 2 is 1.74 bits per heavy atom. The number of hydrogen-bond donors (Lipinski definition) is 2. The van der Waals surface area contributed by atoms with E-state index in [1.54, 1.807) is 53.7 Å². The number of carbonyl (C=O) groups is 3. The van der Waals surface area contributed by atoms with Crippen molar-refractivity contribution in [3.8, 4) is 11.5 Å². The SMILES string of the molecule is CC(C)(C)OC(=O)NCCCCCN(C(=O)OC(C)(C)C)c1cc(-c2nc(C(=O)O)co2)ccn1. The Balaban J connectivity index is 2.05. The predicted octanol–water partition coefficient (Wildman–Crippen LogP) is 4.87. The van der Waals surface area contributed by atoms with Crippen molar-refractivity contribution in [1.82, 2.24) is 15.3 Å². The molecule has 0 radical (unpaired) electrons. The summed E-state index contributed by atoms with van der Waals surface area (Å²) in [5.74, 6) is -0.784. The number of aromatic carboxylic acids is 1. The fourth-order valence-electron chi connectivity index (χ4n) is 2.90. The molecule has 2 aromatic rings. The molecule has 11 nitrogen and oxygen atoms in total. The molecular weight excluding hydrogens is 456 g/mol. The number of oxazole rings is 1. The number of aromatic nitrogens is 2. The Labute approximate surface area is 204 Å². The third kappa shape index (κ3) is 9.63. The summed E-state index contributed by atoms with van der Waals surface area (Å²) in [4.78, 5) is 45.4. The topological polar surface area (TPSA) is 144 Å². The first kappa shape index (κ1) is 27.6. The Bertz CT molecular complexity index is 1020. The molecule has 0 unspecified atom stereocenters. The normalized spacial score (nSPS) is 11.6. The molecular formula is C24H34N4O7. The van der Waals surface area contributed by atoms with Gasteiger partial charge in [-0.1, -0.05) is 0 Å². The van der Waals surface area contributed by atoms with Gasteiger partial charge in [0.1, 0.15) is 23.3 Å². The molecule has 2 amide bonds. The number of hydrogen-bond acceptors (Lipinski definition) is 8. The highest BCUT2D eigenvalue weighted by molar-refractivity contribution is 5.88. The van der Waals surface area contributed by atoms with Crippen LogP contribution in [0.3, 0.4) is 0 Å². The summed E-state index contributed by atoms with van der Waals surface area (Å²) in [6.07, 6.45) is 3.56. The lowest BCUT2D eigenvalue weighted by Gasteiger charge is -2.27. The third-order valence-corrected chi connectivity index (χ3v) is 4.33. The van der Waals surface area contributed by atoms with Gasteiger partial charge in [-0.05, 0) is 72.9 Å². The van der Waals surface area contributed by atoms with Crippen molar-refractivity contribution in [2.24, 2.45) is 0 Å². The minimum atomic E-state index is -1.20. The third-order valence-electron chi connectivity index (χ3n) is 4.33. The summed E-state index contributed by atoms with van der Waals surface area (Å²) in [7, 11) is 0. The lowest BCUT2D eigenvalue weighted by molar-refractivity contribution is 0.0525. The first-order chi connectivity index (χ1) is 16.2. The number of unbranched alkanes of at least 4 members (excludes halogenated alkanes) is 2. The van der Waals surface area contributed by atoms with E-state index >= 15 is 0 Å². The molecule has 0 bridgehead atoms. The molecule has 2 N–H and O–H groups in total. The second kappa shape index (κ2) is 11.7. The molecule has 0 spiro atoms. The van der Waals surface area contributed by atoms with E-state index in [0.29, 0.717) is 37.3 Å². The second-order valence-electron chi connectivity index (χ2n) is 9.87.